The van der Waals surface area contributed by atoms with Crippen LogP contribution in [0.15, 0.2) is 24.3 Å². The summed E-state index contributed by atoms with van der Waals surface area (Å²) in [5.41, 5.74) is 0.449. The summed E-state index contributed by atoms with van der Waals surface area (Å²) in [5.74, 6) is -0.942. The number of amides is 1. The van der Waals surface area contributed by atoms with Gasteiger partial charge in [-0.3, -0.25) is 0 Å². The Bertz CT molecular complexity index is 595. The molecule has 1 N–H and O–H groups in total. The molecule has 1 aliphatic heterocycles. The normalized spacial score (nSPS) is 18.7. The molecule has 0 aromatic heterocycles. The number of ether oxygens (including phenoxy) is 1. The molecule has 6 heteroatoms. The maximum atomic E-state index is 12.2. The number of carboxylic acids is 1. The Labute approximate surface area is 136 Å². The van der Waals surface area contributed by atoms with Gasteiger partial charge in [0.25, 0.3) is 0 Å². The van der Waals surface area contributed by atoms with Crippen LogP contribution in [0.4, 0.5) is 10.5 Å². The van der Waals surface area contributed by atoms with Crippen LogP contribution in [-0.2, 0) is 4.74 Å². The van der Waals surface area contributed by atoms with Gasteiger partial charge in [-0.15, -0.1) is 0 Å². The highest BCUT2D eigenvalue weighted by Gasteiger charge is 2.31. The van der Waals surface area contributed by atoms with E-state index in [-0.39, 0.29) is 17.7 Å². The number of rotatable bonds is 2. The number of para-hydroxylation sites is 1. The lowest BCUT2D eigenvalue weighted by molar-refractivity contribution is 0.0158. The molecule has 1 fully saturated rings. The second kappa shape index (κ2) is 6.48. The first kappa shape index (κ1) is 17.1. The molecule has 0 saturated carbocycles. The van der Waals surface area contributed by atoms with E-state index in [9.17, 15) is 14.7 Å². The number of anilines is 1. The molecule has 126 valence electrons. The van der Waals surface area contributed by atoms with Gasteiger partial charge in [0.15, 0.2) is 0 Å². The zero-order valence-corrected chi connectivity index (χ0v) is 14.1. The molecule has 0 bridgehead atoms. The molecule has 1 atom stereocenters. The Balaban J connectivity index is 2.10. The van der Waals surface area contributed by atoms with Gasteiger partial charge in [-0.2, -0.15) is 0 Å². The van der Waals surface area contributed by atoms with E-state index in [0.29, 0.717) is 25.3 Å². The van der Waals surface area contributed by atoms with Crippen LogP contribution in [0.2, 0.25) is 0 Å². The summed E-state index contributed by atoms with van der Waals surface area (Å²) in [7, 11) is 0. The molecule has 1 unspecified atom stereocenters. The maximum absolute atomic E-state index is 12.2. The predicted octanol–water partition coefficient (Wildman–Crippen LogP) is 2.83. The van der Waals surface area contributed by atoms with E-state index in [1.54, 1.807) is 23.1 Å². The van der Waals surface area contributed by atoms with Gasteiger partial charge in [0.05, 0.1) is 11.3 Å². The number of aromatic carboxylic acids is 1. The number of piperazine rings is 1. The van der Waals surface area contributed by atoms with Crippen LogP contribution in [0, 0.1) is 0 Å². The SMILES string of the molecule is CC1CN(c2ccccc2C(=O)O)CCN1C(=O)OC(C)(C)C. The second-order valence-corrected chi connectivity index (χ2v) is 6.79. The minimum Gasteiger partial charge on any atom is -0.478 e. The topological polar surface area (TPSA) is 70.1 Å². The van der Waals surface area contributed by atoms with Crippen LogP contribution >= 0.6 is 0 Å². The molecule has 2 rings (SSSR count). The molecule has 1 aromatic carbocycles. The van der Waals surface area contributed by atoms with Gasteiger partial charge in [-0.25, -0.2) is 9.59 Å². The van der Waals surface area contributed by atoms with E-state index in [4.69, 9.17) is 4.74 Å². The molecule has 0 radical (unpaired) electrons. The largest absolute Gasteiger partial charge is 0.478 e. The van der Waals surface area contributed by atoms with E-state index in [1.165, 1.54) is 0 Å². The fraction of sp³-hybridized carbons (Fsp3) is 0.529. The van der Waals surface area contributed by atoms with Gasteiger partial charge in [-0.1, -0.05) is 12.1 Å². The highest BCUT2D eigenvalue weighted by molar-refractivity contribution is 5.94. The van der Waals surface area contributed by atoms with Crippen molar-refractivity contribution in [3.05, 3.63) is 29.8 Å². The highest BCUT2D eigenvalue weighted by atomic mass is 16.6. The minimum absolute atomic E-state index is 0.0551. The molecule has 0 aliphatic carbocycles. The fourth-order valence-corrected chi connectivity index (χ4v) is 2.70. The average molecular weight is 320 g/mol. The zero-order chi connectivity index (χ0) is 17.2. The number of carbonyl (C=O) groups excluding carboxylic acids is 1. The van der Waals surface area contributed by atoms with Gasteiger partial charge in [-0.05, 0) is 39.8 Å². The summed E-state index contributed by atoms with van der Waals surface area (Å²) >= 11 is 0. The molecule has 1 saturated heterocycles. The third-order valence-corrected chi connectivity index (χ3v) is 3.73. The van der Waals surface area contributed by atoms with Crippen molar-refractivity contribution < 1.29 is 19.4 Å². The number of benzene rings is 1. The van der Waals surface area contributed by atoms with E-state index in [0.717, 1.165) is 0 Å². The van der Waals surface area contributed by atoms with Crippen molar-refractivity contribution >= 4 is 17.7 Å². The summed E-state index contributed by atoms with van der Waals surface area (Å²) in [5, 5.41) is 9.32. The third kappa shape index (κ3) is 4.15. The summed E-state index contributed by atoms with van der Waals surface area (Å²) in [6.07, 6.45) is -0.323. The smallest absolute Gasteiger partial charge is 0.410 e. The van der Waals surface area contributed by atoms with Crippen LogP contribution in [0.3, 0.4) is 0 Å². The predicted molar refractivity (Wildman–Crippen MR) is 88.0 cm³/mol. The van der Waals surface area contributed by atoms with E-state index >= 15 is 0 Å². The Morgan fingerprint density at radius 1 is 1.22 bits per heavy atom. The van der Waals surface area contributed by atoms with Crippen LogP contribution < -0.4 is 4.90 Å². The van der Waals surface area contributed by atoms with E-state index < -0.39 is 11.6 Å². The number of carbonyl (C=O) groups is 2. The van der Waals surface area contributed by atoms with Crippen molar-refractivity contribution in [3.63, 3.8) is 0 Å². The summed E-state index contributed by atoms with van der Waals surface area (Å²) in [6, 6.07) is 6.89. The fourth-order valence-electron chi connectivity index (χ4n) is 2.70. The summed E-state index contributed by atoms with van der Waals surface area (Å²) in [4.78, 5) is 27.3. The van der Waals surface area contributed by atoms with Crippen LogP contribution in [0.1, 0.15) is 38.1 Å². The lowest BCUT2D eigenvalue weighted by Crippen LogP contribution is -2.55. The Morgan fingerprint density at radius 2 is 1.87 bits per heavy atom. The standard InChI is InChI=1S/C17H24N2O4/c1-12-11-18(14-8-6-5-7-13(14)15(20)21)9-10-19(12)16(22)23-17(2,3)4/h5-8,12H,9-11H2,1-4H3,(H,20,21). The number of nitrogens with zero attached hydrogens (tertiary/aromatic N) is 2. The van der Waals surface area contributed by atoms with Crippen LogP contribution in [0.5, 0.6) is 0 Å². The van der Waals surface area contributed by atoms with Gasteiger partial charge in [0.2, 0.25) is 0 Å². The van der Waals surface area contributed by atoms with Crippen molar-refractivity contribution in [2.24, 2.45) is 0 Å². The van der Waals surface area contributed by atoms with Crippen LogP contribution in [0.25, 0.3) is 0 Å². The molecule has 6 nitrogen and oxygen atoms in total. The third-order valence-electron chi connectivity index (χ3n) is 3.73. The van der Waals surface area contributed by atoms with Crippen molar-refractivity contribution in [2.75, 3.05) is 24.5 Å². The van der Waals surface area contributed by atoms with Crippen molar-refractivity contribution in [2.45, 2.75) is 39.3 Å². The number of carboxylic acid groups (broad SMARTS) is 1. The molecule has 1 aromatic rings. The number of hydrogen-bond acceptors (Lipinski definition) is 4. The lowest BCUT2D eigenvalue weighted by atomic mass is 10.1. The molecule has 23 heavy (non-hydrogen) atoms. The first-order valence-corrected chi connectivity index (χ1v) is 7.76. The maximum Gasteiger partial charge on any atom is 0.410 e. The molecule has 1 heterocycles. The monoisotopic (exact) mass is 320 g/mol. The first-order chi connectivity index (χ1) is 10.7. The number of hydrogen-bond donors (Lipinski definition) is 1. The Kier molecular flexibility index (Phi) is 4.82. The first-order valence-electron chi connectivity index (χ1n) is 7.76. The molecule has 0 spiro atoms. The molecular formula is C17H24N2O4. The second-order valence-electron chi connectivity index (χ2n) is 6.79. The summed E-state index contributed by atoms with van der Waals surface area (Å²) in [6.45, 7) is 9.12. The van der Waals surface area contributed by atoms with Crippen LogP contribution in [-0.4, -0.2) is 53.3 Å². The van der Waals surface area contributed by atoms with Gasteiger partial charge in [0, 0.05) is 25.7 Å². The molecule has 1 amide bonds. The Hall–Kier alpha value is -2.24. The van der Waals surface area contributed by atoms with Gasteiger partial charge >= 0.3 is 12.1 Å². The Morgan fingerprint density at radius 3 is 2.43 bits per heavy atom. The van der Waals surface area contributed by atoms with Gasteiger partial charge < -0.3 is 19.6 Å². The highest BCUT2D eigenvalue weighted by Crippen LogP contribution is 2.24. The van der Waals surface area contributed by atoms with Crippen molar-refractivity contribution in [3.8, 4) is 0 Å². The quantitative estimate of drug-likeness (QED) is 0.907. The average Bonchev–Trinajstić information content (AvgIpc) is 2.45. The lowest BCUT2D eigenvalue weighted by Gasteiger charge is -2.41. The van der Waals surface area contributed by atoms with Crippen molar-refractivity contribution in [1.82, 2.24) is 4.90 Å². The minimum atomic E-state index is -0.942. The zero-order valence-electron chi connectivity index (χ0n) is 14.1. The van der Waals surface area contributed by atoms with Gasteiger partial charge in [0.1, 0.15) is 5.60 Å². The summed E-state index contributed by atoms with van der Waals surface area (Å²) < 4.78 is 5.42. The van der Waals surface area contributed by atoms with E-state index in [1.807, 2.05) is 38.7 Å². The molecular weight excluding hydrogens is 296 g/mol. The van der Waals surface area contributed by atoms with Crippen molar-refractivity contribution in [1.29, 1.82) is 0 Å². The van der Waals surface area contributed by atoms with E-state index in [2.05, 4.69) is 0 Å². The molecule has 1 aliphatic rings.